The summed E-state index contributed by atoms with van der Waals surface area (Å²) in [7, 11) is 4.71. The van der Waals surface area contributed by atoms with E-state index in [0.29, 0.717) is 17.2 Å². The summed E-state index contributed by atoms with van der Waals surface area (Å²) in [5.41, 5.74) is 0. The lowest BCUT2D eigenvalue weighted by atomic mass is 10.1. The summed E-state index contributed by atoms with van der Waals surface area (Å²) >= 11 is 0. The Hall–Kier alpha value is -2.10. The van der Waals surface area contributed by atoms with Crippen LogP contribution in [0.15, 0.2) is 24.3 Å². The molecule has 0 aliphatic carbocycles. The van der Waals surface area contributed by atoms with E-state index in [1.165, 1.54) is 0 Å². The summed E-state index contributed by atoms with van der Waals surface area (Å²) in [5.74, 6) is 2.00. The normalized spacial score (nSPS) is 10.3. The Bertz CT molecular complexity index is 549. The number of methoxy groups -OCH3 is 3. The molecule has 17 heavy (non-hydrogen) atoms. The van der Waals surface area contributed by atoms with Gasteiger partial charge in [0.15, 0.2) is 11.5 Å². The topological polar surface area (TPSA) is 47.9 Å². The molecule has 0 aliphatic rings. The van der Waals surface area contributed by atoms with Gasteiger partial charge in [-0.1, -0.05) is 0 Å². The molecule has 2 aromatic carbocycles. The summed E-state index contributed by atoms with van der Waals surface area (Å²) < 4.78 is 15.7. The molecular formula is C13H14O4. The minimum absolute atomic E-state index is 0.154. The summed E-state index contributed by atoms with van der Waals surface area (Å²) in [5, 5.41) is 11.3. The first-order chi connectivity index (χ1) is 8.19. The summed E-state index contributed by atoms with van der Waals surface area (Å²) in [6.45, 7) is 0. The van der Waals surface area contributed by atoms with E-state index in [9.17, 15) is 5.11 Å². The lowest BCUT2D eigenvalue weighted by molar-refractivity contribution is 0.355. The minimum Gasteiger partial charge on any atom is -0.508 e. The Kier molecular flexibility index (Phi) is 2.95. The van der Waals surface area contributed by atoms with Gasteiger partial charge in [0, 0.05) is 11.5 Å². The molecule has 0 bridgehead atoms. The Morgan fingerprint density at radius 1 is 0.765 bits per heavy atom. The molecule has 2 aromatic rings. The van der Waals surface area contributed by atoms with Crippen molar-refractivity contribution in [3.8, 4) is 23.0 Å². The number of phenols is 1. The molecule has 0 radical (unpaired) electrons. The third-order valence-electron chi connectivity index (χ3n) is 2.62. The van der Waals surface area contributed by atoms with Crippen LogP contribution in [0.5, 0.6) is 23.0 Å². The summed E-state index contributed by atoms with van der Waals surface area (Å²) in [6.07, 6.45) is 0. The highest BCUT2D eigenvalue weighted by atomic mass is 16.5. The molecule has 0 aliphatic heterocycles. The van der Waals surface area contributed by atoms with E-state index < -0.39 is 0 Å². The lowest BCUT2D eigenvalue weighted by Crippen LogP contribution is -1.92. The van der Waals surface area contributed by atoms with E-state index >= 15 is 0 Å². The van der Waals surface area contributed by atoms with Crippen molar-refractivity contribution in [2.75, 3.05) is 21.3 Å². The van der Waals surface area contributed by atoms with E-state index in [1.807, 2.05) is 6.07 Å². The van der Waals surface area contributed by atoms with Crippen LogP contribution in [0.3, 0.4) is 0 Å². The molecule has 0 spiro atoms. The van der Waals surface area contributed by atoms with Gasteiger partial charge in [-0.05, 0) is 23.6 Å². The van der Waals surface area contributed by atoms with Crippen molar-refractivity contribution in [1.82, 2.24) is 0 Å². The molecule has 0 amide bonds. The van der Waals surface area contributed by atoms with Crippen LogP contribution in [-0.2, 0) is 0 Å². The first-order valence-corrected chi connectivity index (χ1v) is 5.12. The monoisotopic (exact) mass is 234 g/mol. The Balaban J connectivity index is 2.77. The van der Waals surface area contributed by atoms with Crippen LogP contribution in [0.4, 0.5) is 0 Å². The number of phenolic OH excluding ortho intramolecular Hbond substituents is 1. The van der Waals surface area contributed by atoms with Crippen molar-refractivity contribution in [2.45, 2.75) is 0 Å². The molecule has 0 saturated heterocycles. The van der Waals surface area contributed by atoms with Crippen molar-refractivity contribution in [1.29, 1.82) is 0 Å². The molecule has 0 aromatic heterocycles. The number of hydrogen-bond acceptors (Lipinski definition) is 4. The van der Waals surface area contributed by atoms with Gasteiger partial charge in [-0.25, -0.2) is 0 Å². The second-order valence-corrected chi connectivity index (χ2v) is 3.58. The van der Waals surface area contributed by atoms with E-state index in [4.69, 9.17) is 14.2 Å². The first-order valence-electron chi connectivity index (χ1n) is 5.12. The molecule has 4 nitrogen and oxygen atoms in total. The van der Waals surface area contributed by atoms with Gasteiger partial charge in [-0.2, -0.15) is 0 Å². The molecule has 0 heterocycles. The quantitative estimate of drug-likeness (QED) is 0.886. The van der Waals surface area contributed by atoms with Crippen molar-refractivity contribution in [3.63, 3.8) is 0 Å². The first kappa shape index (κ1) is 11.4. The van der Waals surface area contributed by atoms with Crippen molar-refractivity contribution < 1.29 is 19.3 Å². The van der Waals surface area contributed by atoms with Crippen molar-refractivity contribution in [2.24, 2.45) is 0 Å². The summed E-state index contributed by atoms with van der Waals surface area (Å²) in [6, 6.07) is 6.84. The SMILES string of the molecule is COc1cc2cc(O)cc(OC)c2cc1OC. The maximum Gasteiger partial charge on any atom is 0.161 e. The van der Waals surface area contributed by atoms with Crippen LogP contribution in [0.2, 0.25) is 0 Å². The third-order valence-corrected chi connectivity index (χ3v) is 2.62. The van der Waals surface area contributed by atoms with Gasteiger partial charge >= 0.3 is 0 Å². The van der Waals surface area contributed by atoms with Crippen LogP contribution in [-0.4, -0.2) is 26.4 Å². The zero-order chi connectivity index (χ0) is 12.4. The Morgan fingerprint density at radius 3 is 1.94 bits per heavy atom. The molecular weight excluding hydrogens is 220 g/mol. The average molecular weight is 234 g/mol. The number of ether oxygens (including phenoxy) is 3. The molecule has 0 saturated carbocycles. The zero-order valence-corrected chi connectivity index (χ0v) is 9.98. The molecule has 0 atom stereocenters. The van der Waals surface area contributed by atoms with Gasteiger partial charge in [0.1, 0.15) is 11.5 Å². The van der Waals surface area contributed by atoms with Gasteiger partial charge in [-0.3, -0.25) is 0 Å². The fourth-order valence-electron chi connectivity index (χ4n) is 1.81. The highest BCUT2D eigenvalue weighted by Crippen LogP contribution is 2.38. The number of rotatable bonds is 3. The number of hydrogen-bond donors (Lipinski definition) is 1. The molecule has 90 valence electrons. The molecule has 0 fully saturated rings. The number of benzene rings is 2. The largest absolute Gasteiger partial charge is 0.508 e. The van der Waals surface area contributed by atoms with E-state index in [1.54, 1.807) is 39.5 Å². The highest BCUT2D eigenvalue weighted by molar-refractivity contribution is 5.92. The Labute approximate surface area is 99.3 Å². The highest BCUT2D eigenvalue weighted by Gasteiger charge is 2.10. The van der Waals surface area contributed by atoms with Crippen molar-refractivity contribution >= 4 is 10.8 Å². The van der Waals surface area contributed by atoms with Gasteiger partial charge in [0.05, 0.1) is 21.3 Å². The van der Waals surface area contributed by atoms with Crippen molar-refractivity contribution in [3.05, 3.63) is 24.3 Å². The fourth-order valence-corrected chi connectivity index (χ4v) is 1.81. The maximum atomic E-state index is 9.58. The smallest absolute Gasteiger partial charge is 0.161 e. The molecule has 4 heteroatoms. The van der Waals surface area contributed by atoms with Crippen LogP contribution in [0, 0.1) is 0 Å². The predicted octanol–water partition coefficient (Wildman–Crippen LogP) is 2.57. The van der Waals surface area contributed by atoms with E-state index in [0.717, 1.165) is 10.8 Å². The van der Waals surface area contributed by atoms with Crippen LogP contribution in [0.25, 0.3) is 10.8 Å². The van der Waals surface area contributed by atoms with E-state index in [2.05, 4.69) is 0 Å². The third kappa shape index (κ3) is 1.93. The van der Waals surface area contributed by atoms with Gasteiger partial charge in [0.25, 0.3) is 0 Å². The van der Waals surface area contributed by atoms with Gasteiger partial charge < -0.3 is 19.3 Å². The standard InChI is InChI=1S/C13H14O4/c1-15-11-6-9(14)4-8-5-12(16-2)13(17-3)7-10(8)11/h4-7,14H,1-3H3. The van der Waals surface area contributed by atoms with Crippen LogP contribution in [0.1, 0.15) is 0 Å². The van der Waals surface area contributed by atoms with Gasteiger partial charge in [0.2, 0.25) is 0 Å². The molecule has 1 N–H and O–H groups in total. The number of aromatic hydroxyl groups is 1. The summed E-state index contributed by atoms with van der Waals surface area (Å²) in [4.78, 5) is 0. The molecule has 0 unspecified atom stereocenters. The second kappa shape index (κ2) is 4.41. The lowest BCUT2D eigenvalue weighted by Gasteiger charge is -2.11. The van der Waals surface area contributed by atoms with Gasteiger partial charge in [-0.15, -0.1) is 0 Å². The number of fused-ring (bicyclic) bond motifs is 1. The average Bonchev–Trinajstić information content (AvgIpc) is 2.35. The van der Waals surface area contributed by atoms with Crippen LogP contribution < -0.4 is 14.2 Å². The van der Waals surface area contributed by atoms with Crippen LogP contribution >= 0.6 is 0 Å². The maximum absolute atomic E-state index is 9.58. The molecule has 2 rings (SSSR count). The minimum atomic E-state index is 0.154. The second-order valence-electron chi connectivity index (χ2n) is 3.58. The predicted molar refractivity (Wildman–Crippen MR) is 65.3 cm³/mol. The zero-order valence-electron chi connectivity index (χ0n) is 9.98. The Morgan fingerprint density at radius 2 is 1.35 bits per heavy atom. The fraction of sp³-hybridized carbons (Fsp3) is 0.231. The van der Waals surface area contributed by atoms with E-state index in [-0.39, 0.29) is 5.75 Å².